The smallest absolute Gasteiger partial charge is 0.0995 e. The molecule has 1 N–H and O–H groups in total. The second-order valence-corrected chi connectivity index (χ2v) is 5.21. The van der Waals surface area contributed by atoms with Crippen molar-refractivity contribution in [1.29, 1.82) is 5.26 Å². The summed E-state index contributed by atoms with van der Waals surface area (Å²) in [6, 6.07) is 8.66. The van der Waals surface area contributed by atoms with Gasteiger partial charge in [0, 0.05) is 32.7 Å². The van der Waals surface area contributed by atoms with Gasteiger partial charge in [-0.2, -0.15) is 5.26 Å². The van der Waals surface area contributed by atoms with Crippen LogP contribution in [0.3, 0.4) is 0 Å². The van der Waals surface area contributed by atoms with Crippen molar-refractivity contribution >= 4 is 0 Å². The summed E-state index contributed by atoms with van der Waals surface area (Å²) in [5, 5.41) is 12.6. The highest BCUT2D eigenvalue weighted by Gasteiger charge is 2.13. The van der Waals surface area contributed by atoms with Gasteiger partial charge in [0.25, 0.3) is 0 Å². The summed E-state index contributed by atoms with van der Waals surface area (Å²) in [5.74, 6) is 0.477. The Morgan fingerprint density at radius 3 is 2.67 bits per heavy atom. The molecule has 1 aliphatic heterocycles. The summed E-state index contributed by atoms with van der Waals surface area (Å²) < 4.78 is 0. The molecule has 0 spiro atoms. The number of nitrogens with one attached hydrogen (secondary N) is 1. The predicted octanol–water partition coefficient (Wildman–Crippen LogP) is 2.09. The van der Waals surface area contributed by atoms with E-state index in [9.17, 15) is 5.26 Å². The lowest BCUT2D eigenvalue weighted by molar-refractivity contribution is 0.233. The maximum atomic E-state index is 9.27. The average Bonchev–Trinajstić information content (AvgIpc) is 2.40. The van der Waals surface area contributed by atoms with Crippen LogP contribution in [0.4, 0.5) is 0 Å². The Balaban J connectivity index is 2.14. The van der Waals surface area contributed by atoms with Crippen molar-refractivity contribution < 1.29 is 0 Å². The van der Waals surface area contributed by atoms with Crippen LogP contribution in [0.1, 0.15) is 36.5 Å². The largest absolute Gasteiger partial charge is 0.314 e. The number of piperazine rings is 1. The number of benzene rings is 1. The van der Waals surface area contributed by atoms with Crippen molar-refractivity contribution in [2.24, 2.45) is 0 Å². The van der Waals surface area contributed by atoms with E-state index in [4.69, 9.17) is 0 Å². The molecule has 2 rings (SSSR count). The first-order valence-corrected chi connectivity index (χ1v) is 6.66. The van der Waals surface area contributed by atoms with Crippen LogP contribution in [0.2, 0.25) is 0 Å². The summed E-state index contributed by atoms with van der Waals surface area (Å²) in [4.78, 5) is 2.40. The molecule has 0 radical (unpaired) electrons. The van der Waals surface area contributed by atoms with E-state index in [0.717, 1.165) is 43.9 Å². The third kappa shape index (κ3) is 3.10. The summed E-state index contributed by atoms with van der Waals surface area (Å²) >= 11 is 0. The Hall–Kier alpha value is -1.37. The molecule has 0 aromatic heterocycles. The fourth-order valence-corrected chi connectivity index (χ4v) is 2.31. The van der Waals surface area contributed by atoms with Gasteiger partial charge in [-0.25, -0.2) is 0 Å². The fraction of sp³-hybridized carbons (Fsp3) is 0.533. The van der Waals surface area contributed by atoms with Crippen LogP contribution in [0.25, 0.3) is 0 Å². The minimum atomic E-state index is 0.477. The lowest BCUT2D eigenvalue weighted by Crippen LogP contribution is -2.43. The molecule has 0 atom stereocenters. The number of nitrogens with zero attached hydrogens (tertiary/aromatic N) is 2. The zero-order chi connectivity index (χ0) is 13.0. The van der Waals surface area contributed by atoms with E-state index >= 15 is 0 Å². The van der Waals surface area contributed by atoms with Crippen LogP contribution in [0.15, 0.2) is 18.2 Å². The van der Waals surface area contributed by atoms with Crippen LogP contribution in [-0.4, -0.2) is 31.1 Å². The molecule has 18 heavy (non-hydrogen) atoms. The average molecular weight is 243 g/mol. The van der Waals surface area contributed by atoms with Crippen molar-refractivity contribution in [3.8, 4) is 6.07 Å². The molecular weight excluding hydrogens is 222 g/mol. The fourth-order valence-electron chi connectivity index (χ4n) is 2.31. The third-order valence-corrected chi connectivity index (χ3v) is 3.52. The van der Waals surface area contributed by atoms with Crippen molar-refractivity contribution in [3.63, 3.8) is 0 Å². The molecule has 3 nitrogen and oxygen atoms in total. The van der Waals surface area contributed by atoms with Crippen molar-refractivity contribution in [1.82, 2.24) is 10.2 Å². The molecule has 1 aliphatic rings. The zero-order valence-electron chi connectivity index (χ0n) is 11.2. The Kier molecular flexibility index (Phi) is 4.35. The SMILES string of the molecule is CC(C)c1ccc(CN2CCNCC2)c(C#N)c1. The standard InChI is InChI=1S/C15H21N3/c1-12(2)13-3-4-14(15(9-13)10-16)11-18-7-5-17-6-8-18/h3-4,9,12,17H,5-8,11H2,1-2H3. The molecule has 0 bridgehead atoms. The minimum Gasteiger partial charge on any atom is -0.314 e. The van der Waals surface area contributed by atoms with Gasteiger partial charge in [-0.05, 0) is 23.1 Å². The third-order valence-electron chi connectivity index (χ3n) is 3.52. The highest BCUT2D eigenvalue weighted by molar-refractivity contribution is 5.41. The molecule has 1 fully saturated rings. The van der Waals surface area contributed by atoms with E-state index in [1.165, 1.54) is 5.56 Å². The second-order valence-electron chi connectivity index (χ2n) is 5.21. The summed E-state index contributed by atoms with van der Waals surface area (Å²) in [5.41, 5.74) is 3.24. The van der Waals surface area contributed by atoms with E-state index in [1.54, 1.807) is 0 Å². The molecule has 1 heterocycles. The highest BCUT2D eigenvalue weighted by atomic mass is 15.2. The van der Waals surface area contributed by atoms with E-state index in [2.05, 4.69) is 42.3 Å². The molecule has 96 valence electrons. The monoisotopic (exact) mass is 243 g/mol. The first kappa shape index (κ1) is 13.1. The van der Waals surface area contributed by atoms with Crippen molar-refractivity contribution in [3.05, 3.63) is 34.9 Å². The molecule has 1 aromatic rings. The van der Waals surface area contributed by atoms with Gasteiger partial charge in [-0.1, -0.05) is 26.0 Å². The van der Waals surface area contributed by atoms with Gasteiger partial charge in [0.05, 0.1) is 11.6 Å². The normalized spacial score (nSPS) is 16.8. The van der Waals surface area contributed by atoms with Crippen molar-refractivity contribution in [2.75, 3.05) is 26.2 Å². The molecule has 1 saturated heterocycles. The zero-order valence-corrected chi connectivity index (χ0v) is 11.2. The van der Waals surface area contributed by atoms with Crippen LogP contribution >= 0.6 is 0 Å². The molecular formula is C15H21N3. The first-order valence-electron chi connectivity index (χ1n) is 6.66. The minimum absolute atomic E-state index is 0.477. The van der Waals surface area contributed by atoms with E-state index in [0.29, 0.717) is 5.92 Å². The van der Waals surface area contributed by atoms with Gasteiger partial charge in [0.2, 0.25) is 0 Å². The van der Waals surface area contributed by atoms with Gasteiger partial charge in [0.1, 0.15) is 0 Å². The summed E-state index contributed by atoms with van der Waals surface area (Å²) in [6.07, 6.45) is 0. The molecule has 0 saturated carbocycles. The van der Waals surface area contributed by atoms with Gasteiger partial charge in [-0.15, -0.1) is 0 Å². The lowest BCUT2D eigenvalue weighted by atomic mass is 9.97. The Labute approximate surface area is 109 Å². The van der Waals surface area contributed by atoms with Crippen molar-refractivity contribution in [2.45, 2.75) is 26.3 Å². The topological polar surface area (TPSA) is 39.1 Å². The van der Waals surface area contributed by atoms with Crippen LogP contribution in [0.5, 0.6) is 0 Å². The highest BCUT2D eigenvalue weighted by Crippen LogP contribution is 2.19. The second kappa shape index (κ2) is 5.99. The Bertz CT molecular complexity index is 440. The Morgan fingerprint density at radius 2 is 2.06 bits per heavy atom. The number of nitriles is 1. The van der Waals surface area contributed by atoms with Gasteiger partial charge in [-0.3, -0.25) is 4.90 Å². The first-order chi connectivity index (χ1) is 8.70. The van der Waals surface area contributed by atoms with E-state index in [-0.39, 0.29) is 0 Å². The number of rotatable bonds is 3. The summed E-state index contributed by atoms with van der Waals surface area (Å²) in [7, 11) is 0. The molecule has 0 amide bonds. The quantitative estimate of drug-likeness (QED) is 0.883. The van der Waals surface area contributed by atoms with Gasteiger partial charge in [0.15, 0.2) is 0 Å². The van der Waals surface area contributed by atoms with Gasteiger partial charge < -0.3 is 5.32 Å². The maximum absolute atomic E-state index is 9.27. The molecule has 3 heteroatoms. The van der Waals surface area contributed by atoms with Gasteiger partial charge >= 0.3 is 0 Å². The Morgan fingerprint density at radius 1 is 1.33 bits per heavy atom. The number of hydrogen-bond acceptors (Lipinski definition) is 3. The number of hydrogen-bond donors (Lipinski definition) is 1. The lowest BCUT2D eigenvalue weighted by Gasteiger charge is -2.27. The van der Waals surface area contributed by atoms with Crippen LogP contribution in [-0.2, 0) is 6.54 Å². The molecule has 1 aromatic carbocycles. The maximum Gasteiger partial charge on any atom is 0.0995 e. The van der Waals surface area contributed by atoms with Crippen LogP contribution < -0.4 is 5.32 Å². The van der Waals surface area contributed by atoms with Crippen LogP contribution in [0, 0.1) is 11.3 Å². The molecule has 0 aliphatic carbocycles. The summed E-state index contributed by atoms with van der Waals surface area (Å²) in [6.45, 7) is 9.44. The van der Waals surface area contributed by atoms with E-state index in [1.807, 2.05) is 6.07 Å². The molecule has 0 unspecified atom stereocenters. The van der Waals surface area contributed by atoms with E-state index < -0.39 is 0 Å². The predicted molar refractivity (Wildman–Crippen MR) is 73.4 cm³/mol.